The molecule has 0 saturated heterocycles. The molecular formula is C20H31NO5. The summed E-state index contributed by atoms with van der Waals surface area (Å²) in [6.07, 6.45) is 4.08. The molecule has 2 aliphatic rings. The molecule has 0 aromatic carbocycles. The number of allylic oxidation sites excluding steroid dienone is 1. The number of carbonyl (C=O) groups is 1. The Bertz CT molecular complexity index is 572. The van der Waals surface area contributed by atoms with Crippen LogP contribution in [0.1, 0.15) is 58.8 Å². The molecule has 4 N–H and O–H groups in total. The lowest BCUT2D eigenvalue weighted by Crippen LogP contribution is -2.32. The predicted molar refractivity (Wildman–Crippen MR) is 97.7 cm³/mol. The molecule has 6 heteroatoms. The van der Waals surface area contributed by atoms with E-state index in [1.807, 2.05) is 0 Å². The van der Waals surface area contributed by atoms with Crippen LogP contribution in [0.25, 0.3) is 0 Å². The number of rotatable bonds is 10. The Hall–Kier alpha value is -1.55. The van der Waals surface area contributed by atoms with Crippen molar-refractivity contribution in [1.82, 2.24) is 5.48 Å². The molecule has 0 aromatic heterocycles. The van der Waals surface area contributed by atoms with E-state index in [0.717, 1.165) is 30.5 Å². The fraction of sp³-hybridized carbons (Fsp3) is 0.750. The molecule has 0 amide bonds. The molecule has 26 heavy (non-hydrogen) atoms. The van der Waals surface area contributed by atoms with E-state index < -0.39 is 18.2 Å². The third-order valence-corrected chi connectivity index (χ3v) is 5.58. The van der Waals surface area contributed by atoms with Crippen molar-refractivity contribution < 1.29 is 25.0 Å². The molecular weight excluding hydrogens is 334 g/mol. The number of aliphatic hydroxyl groups excluding tert-OH is 2. The number of hydrogen-bond acceptors (Lipinski definition) is 5. The number of carboxylic acid groups (broad SMARTS) is 1. The lowest BCUT2D eigenvalue weighted by Gasteiger charge is -2.30. The minimum atomic E-state index is -0.898. The summed E-state index contributed by atoms with van der Waals surface area (Å²) in [4.78, 5) is 15.6. The molecule has 0 aromatic rings. The van der Waals surface area contributed by atoms with Crippen molar-refractivity contribution in [3.05, 3.63) is 11.3 Å². The van der Waals surface area contributed by atoms with Crippen molar-refractivity contribution in [3.8, 4) is 11.8 Å². The molecule has 0 heterocycles. The first-order valence-electron chi connectivity index (χ1n) is 9.64. The number of nitrogens with one attached hydrogen (secondary N) is 1. The van der Waals surface area contributed by atoms with Gasteiger partial charge < -0.3 is 15.3 Å². The van der Waals surface area contributed by atoms with Gasteiger partial charge in [-0.25, -0.2) is 0 Å². The van der Waals surface area contributed by atoms with Crippen molar-refractivity contribution in [3.63, 3.8) is 0 Å². The Kier molecular flexibility index (Phi) is 7.95. The molecule has 6 nitrogen and oxygen atoms in total. The van der Waals surface area contributed by atoms with Crippen LogP contribution in [0.3, 0.4) is 0 Å². The molecule has 2 rings (SSSR count). The summed E-state index contributed by atoms with van der Waals surface area (Å²) >= 11 is 0. The van der Waals surface area contributed by atoms with Crippen LogP contribution in [0.2, 0.25) is 0 Å². The van der Waals surface area contributed by atoms with E-state index in [9.17, 15) is 15.0 Å². The van der Waals surface area contributed by atoms with Crippen LogP contribution < -0.4 is 5.48 Å². The molecule has 0 aliphatic heterocycles. The van der Waals surface area contributed by atoms with Crippen LogP contribution >= 0.6 is 0 Å². The van der Waals surface area contributed by atoms with Gasteiger partial charge in [-0.3, -0.25) is 15.1 Å². The van der Waals surface area contributed by atoms with Gasteiger partial charge in [-0.2, -0.15) is 0 Å². The SMILES string of the molecule is CCC(CC)CCC(O)C#CC1CC2=C(NOCCC(=O)O)CC2C1O. The van der Waals surface area contributed by atoms with Crippen molar-refractivity contribution in [2.24, 2.45) is 17.8 Å². The first kappa shape index (κ1) is 20.8. The summed E-state index contributed by atoms with van der Waals surface area (Å²) in [5.41, 5.74) is 4.84. The first-order chi connectivity index (χ1) is 12.5. The summed E-state index contributed by atoms with van der Waals surface area (Å²) in [7, 11) is 0. The maximum Gasteiger partial charge on any atom is 0.305 e. The molecule has 1 saturated carbocycles. The predicted octanol–water partition coefficient (Wildman–Crippen LogP) is 2.22. The zero-order valence-electron chi connectivity index (χ0n) is 15.7. The summed E-state index contributed by atoms with van der Waals surface area (Å²) in [5, 5.41) is 29.0. The van der Waals surface area contributed by atoms with E-state index in [-0.39, 0.29) is 24.9 Å². The average molecular weight is 365 g/mol. The Balaban J connectivity index is 1.80. The smallest absolute Gasteiger partial charge is 0.305 e. The van der Waals surface area contributed by atoms with E-state index in [1.165, 1.54) is 0 Å². The van der Waals surface area contributed by atoms with E-state index in [2.05, 4.69) is 31.2 Å². The highest BCUT2D eigenvalue weighted by Crippen LogP contribution is 2.48. The standard InChI is InChI=1S/C20H31NO5/c1-3-13(4-2)5-7-15(22)8-6-14-11-16-17(20(14)25)12-18(16)21-26-10-9-19(23)24/h13-15,17,20-22,25H,3-5,7,9-12H2,1-2H3,(H,23,24). The van der Waals surface area contributed by atoms with Crippen LogP contribution in [0.15, 0.2) is 11.3 Å². The molecule has 4 atom stereocenters. The van der Waals surface area contributed by atoms with Gasteiger partial charge in [-0.15, -0.1) is 0 Å². The largest absolute Gasteiger partial charge is 0.481 e. The van der Waals surface area contributed by atoms with Crippen molar-refractivity contribution in [2.45, 2.75) is 71.0 Å². The van der Waals surface area contributed by atoms with Gasteiger partial charge >= 0.3 is 5.97 Å². The van der Waals surface area contributed by atoms with Gasteiger partial charge in [0, 0.05) is 11.6 Å². The summed E-state index contributed by atoms with van der Waals surface area (Å²) in [6.45, 7) is 4.44. The van der Waals surface area contributed by atoms with Crippen LogP contribution in [0, 0.1) is 29.6 Å². The minimum Gasteiger partial charge on any atom is -0.481 e. The molecule has 0 spiro atoms. The van der Waals surface area contributed by atoms with E-state index in [4.69, 9.17) is 9.94 Å². The van der Waals surface area contributed by atoms with Crippen molar-refractivity contribution in [1.29, 1.82) is 0 Å². The Labute approximate surface area is 155 Å². The summed E-state index contributed by atoms with van der Waals surface area (Å²) < 4.78 is 0. The quantitative estimate of drug-likeness (QED) is 0.269. The van der Waals surface area contributed by atoms with E-state index in [0.29, 0.717) is 25.2 Å². The fourth-order valence-electron chi connectivity index (χ4n) is 3.69. The van der Waals surface area contributed by atoms with E-state index in [1.54, 1.807) is 0 Å². The van der Waals surface area contributed by atoms with Gasteiger partial charge in [0.2, 0.25) is 0 Å². The highest BCUT2D eigenvalue weighted by Gasteiger charge is 2.45. The molecule has 2 aliphatic carbocycles. The second kappa shape index (κ2) is 9.96. The van der Waals surface area contributed by atoms with Gasteiger partial charge in [0.15, 0.2) is 0 Å². The molecule has 146 valence electrons. The zero-order valence-corrected chi connectivity index (χ0v) is 15.7. The van der Waals surface area contributed by atoms with Crippen molar-refractivity contribution >= 4 is 5.97 Å². The Morgan fingerprint density at radius 1 is 1.31 bits per heavy atom. The van der Waals surface area contributed by atoms with E-state index >= 15 is 0 Å². The molecule has 0 radical (unpaired) electrons. The fourth-order valence-corrected chi connectivity index (χ4v) is 3.69. The highest BCUT2D eigenvalue weighted by molar-refractivity contribution is 5.66. The Morgan fingerprint density at radius 2 is 2.04 bits per heavy atom. The van der Waals surface area contributed by atoms with Gasteiger partial charge in [-0.1, -0.05) is 38.5 Å². The maximum atomic E-state index is 10.5. The first-order valence-corrected chi connectivity index (χ1v) is 9.64. The van der Waals surface area contributed by atoms with Gasteiger partial charge in [-0.05, 0) is 37.2 Å². The highest BCUT2D eigenvalue weighted by atomic mass is 16.6. The van der Waals surface area contributed by atoms with Crippen LogP contribution in [-0.2, 0) is 9.63 Å². The topological polar surface area (TPSA) is 99.0 Å². The van der Waals surface area contributed by atoms with Gasteiger partial charge in [0.05, 0.1) is 25.0 Å². The van der Waals surface area contributed by atoms with Gasteiger partial charge in [0.1, 0.15) is 6.10 Å². The van der Waals surface area contributed by atoms with Crippen LogP contribution in [0.4, 0.5) is 0 Å². The van der Waals surface area contributed by atoms with Gasteiger partial charge in [0.25, 0.3) is 0 Å². The van der Waals surface area contributed by atoms with Crippen molar-refractivity contribution in [2.75, 3.05) is 6.61 Å². The Morgan fingerprint density at radius 3 is 2.69 bits per heavy atom. The zero-order chi connectivity index (χ0) is 19.1. The molecule has 1 fully saturated rings. The number of fused-ring (bicyclic) bond motifs is 1. The second-order valence-corrected chi connectivity index (χ2v) is 7.27. The number of carboxylic acids is 1. The third kappa shape index (κ3) is 5.47. The molecule has 0 bridgehead atoms. The normalized spacial score (nSPS) is 25.3. The number of aliphatic carboxylic acids is 1. The average Bonchev–Trinajstić information content (AvgIpc) is 2.84. The number of aliphatic hydroxyl groups is 2. The molecule has 4 unspecified atom stereocenters. The third-order valence-electron chi connectivity index (χ3n) is 5.58. The van der Waals surface area contributed by atoms with Crippen LogP contribution in [0.5, 0.6) is 0 Å². The second-order valence-electron chi connectivity index (χ2n) is 7.27. The number of hydrogen-bond donors (Lipinski definition) is 4. The van der Waals surface area contributed by atoms with Crippen LogP contribution in [-0.4, -0.2) is 40.1 Å². The lowest BCUT2D eigenvalue weighted by molar-refractivity contribution is -0.138. The summed E-state index contributed by atoms with van der Waals surface area (Å²) in [5.74, 6) is 5.66. The lowest BCUT2D eigenvalue weighted by atomic mass is 9.83. The summed E-state index contributed by atoms with van der Waals surface area (Å²) in [6, 6.07) is 0. The maximum absolute atomic E-state index is 10.5. The monoisotopic (exact) mass is 365 g/mol. The minimum absolute atomic E-state index is 0.0510. The number of hydroxylamine groups is 1.